The van der Waals surface area contributed by atoms with Crippen molar-refractivity contribution in [2.24, 2.45) is 0 Å². The fourth-order valence-electron chi connectivity index (χ4n) is 5.77. The average Bonchev–Trinajstić information content (AvgIpc) is 3.53. The van der Waals surface area contributed by atoms with Gasteiger partial charge in [-0.2, -0.15) is 0 Å². The molecule has 4 nitrogen and oxygen atoms in total. The molecule has 0 atom stereocenters. The number of benzene rings is 5. The summed E-state index contributed by atoms with van der Waals surface area (Å²) in [6, 6.07) is 40.8. The summed E-state index contributed by atoms with van der Waals surface area (Å²) in [6.45, 7) is 2.74. The van der Waals surface area contributed by atoms with E-state index in [1.807, 2.05) is 6.92 Å². The first-order chi connectivity index (χ1) is 19.7. The largest absolute Gasteiger partial charge is 0.336 e. The lowest BCUT2D eigenvalue weighted by Gasteiger charge is -2.10. The standard InChI is InChI=1S/C35H24N4S/c1-22-36-34(38-35(37-22)29-13-8-12-28-27-11-4-7-16-32(27)40-33(28)29)24-19-17-23(18-20-24)21-39-30-14-5-2-9-25(30)26-10-3-6-15-31(26)39/h2-20H,21H2,1H3. The molecule has 5 heteroatoms. The van der Waals surface area contributed by atoms with Crippen molar-refractivity contribution in [3.8, 4) is 22.8 Å². The maximum atomic E-state index is 4.96. The van der Waals surface area contributed by atoms with Crippen LogP contribution in [0.15, 0.2) is 115 Å². The fourth-order valence-corrected chi connectivity index (χ4v) is 6.98. The van der Waals surface area contributed by atoms with Crippen LogP contribution in [0, 0.1) is 6.92 Å². The minimum atomic E-state index is 0.698. The highest BCUT2D eigenvalue weighted by atomic mass is 32.1. The number of aryl methyl sites for hydroxylation is 1. The summed E-state index contributed by atoms with van der Waals surface area (Å²) in [5.41, 5.74) is 5.77. The molecule has 5 aromatic carbocycles. The second-order valence-electron chi connectivity index (χ2n) is 10.1. The molecule has 0 saturated carbocycles. The van der Waals surface area contributed by atoms with Crippen molar-refractivity contribution in [2.75, 3.05) is 0 Å². The molecule has 0 bridgehead atoms. The Labute approximate surface area is 235 Å². The molecule has 0 saturated heterocycles. The number of hydrogen-bond acceptors (Lipinski definition) is 4. The highest BCUT2D eigenvalue weighted by Crippen LogP contribution is 2.39. The van der Waals surface area contributed by atoms with Crippen molar-refractivity contribution < 1.29 is 0 Å². The first kappa shape index (κ1) is 23.1. The average molecular weight is 533 g/mol. The van der Waals surface area contributed by atoms with E-state index < -0.39 is 0 Å². The van der Waals surface area contributed by atoms with Crippen LogP contribution in [0.5, 0.6) is 0 Å². The summed E-state index contributed by atoms with van der Waals surface area (Å²) >= 11 is 1.79. The van der Waals surface area contributed by atoms with Gasteiger partial charge in [-0.3, -0.25) is 0 Å². The third-order valence-corrected chi connectivity index (χ3v) is 8.84. The molecule has 0 N–H and O–H groups in total. The van der Waals surface area contributed by atoms with Gasteiger partial charge in [0.15, 0.2) is 11.6 Å². The third-order valence-electron chi connectivity index (χ3n) is 7.63. The molecule has 8 aromatic rings. The van der Waals surface area contributed by atoms with Crippen molar-refractivity contribution in [1.82, 2.24) is 19.5 Å². The molecule has 0 amide bonds. The zero-order chi connectivity index (χ0) is 26.6. The van der Waals surface area contributed by atoms with Crippen LogP contribution >= 0.6 is 11.3 Å². The molecule has 0 unspecified atom stereocenters. The number of nitrogens with zero attached hydrogens (tertiary/aromatic N) is 4. The van der Waals surface area contributed by atoms with E-state index in [2.05, 4.69) is 120 Å². The van der Waals surface area contributed by atoms with Gasteiger partial charge in [0.1, 0.15) is 5.82 Å². The zero-order valence-corrected chi connectivity index (χ0v) is 22.7. The maximum absolute atomic E-state index is 4.96. The molecule has 40 heavy (non-hydrogen) atoms. The van der Waals surface area contributed by atoms with Crippen LogP contribution in [0.1, 0.15) is 11.4 Å². The Hall–Kier alpha value is -4.87. The van der Waals surface area contributed by atoms with E-state index in [-0.39, 0.29) is 0 Å². The highest BCUT2D eigenvalue weighted by molar-refractivity contribution is 7.26. The second-order valence-corrected chi connectivity index (χ2v) is 11.2. The molecule has 190 valence electrons. The van der Waals surface area contributed by atoms with Gasteiger partial charge in [-0.25, -0.2) is 15.0 Å². The van der Waals surface area contributed by atoms with E-state index >= 15 is 0 Å². The van der Waals surface area contributed by atoms with E-state index in [9.17, 15) is 0 Å². The molecule has 3 aromatic heterocycles. The van der Waals surface area contributed by atoms with Gasteiger partial charge >= 0.3 is 0 Å². The Balaban J connectivity index is 1.17. The van der Waals surface area contributed by atoms with Gasteiger partial charge in [0.2, 0.25) is 0 Å². The van der Waals surface area contributed by atoms with Crippen LogP contribution in [-0.2, 0) is 6.54 Å². The molecule has 0 radical (unpaired) electrons. The van der Waals surface area contributed by atoms with Gasteiger partial charge < -0.3 is 4.57 Å². The molecule has 0 aliphatic rings. The lowest BCUT2D eigenvalue weighted by molar-refractivity contribution is 0.869. The van der Waals surface area contributed by atoms with Crippen LogP contribution in [-0.4, -0.2) is 19.5 Å². The number of rotatable bonds is 4. The number of para-hydroxylation sites is 2. The highest BCUT2D eigenvalue weighted by Gasteiger charge is 2.15. The second kappa shape index (κ2) is 9.11. The topological polar surface area (TPSA) is 43.6 Å². The quantitative estimate of drug-likeness (QED) is 0.227. The predicted octanol–water partition coefficient (Wildman–Crippen LogP) is 9.04. The fraction of sp³-hybridized carbons (Fsp3) is 0.0571. The molecule has 0 fully saturated rings. The van der Waals surface area contributed by atoms with E-state index in [0.29, 0.717) is 17.5 Å². The molecule has 0 spiro atoms. The van der Waals surface area contributed by atoms with Gasteiger partial charge in [-0.05, 0) is 36.8 Å². The lowest BCUT2D eigenvalue weighted by atomic mass is 10.1. The predicted molar refractivity (Wildman–Crippen MR) is 167 cm³/mol. The number of hydrogen-bond donors (Lipinski definition) is 0. The smallest absolute Gasteiger partial charge is 0.165 e. The molecular formula is C35H24N4S. The summed E-state index contributed by atoms with van der Waals surface area (Å²) in [6.07, 6.45) is 0. The summed E-state index contributed by atoms with van der Waals surface area (Å²) in [5, 5.41) is 5.09. The lowest BCUT2D eigenvalue weighted by Crippen LogP contribution is -2.01. The minimum Gasteiger partial charge on any atom is -0.336 e. The molecule has 8 rings (SSSR count). The van der Waals surface area contributed by atoms with E-state index in [1.165, 1.54) is 47.5 Å². The van der Waals surface area contributed by atoms with Gasteiger partial charge in [0, 0.05) is 59.6 Å². The van der Waals surface area contributed by atoms with Gasteiger partial charge in [0.25, 0.3) is 0 Å². The summed E-state index contributed by atoms with van der Waals surface area (Å²) in [5.74, 6) is 2.13. The van der Waals surface area contributed by atoms with E-state index in [1.54, 1.807) is 11.3 Å². The van der Waals surface area contributed by atoms with Crippen LogP contribution < -0.4 is 0 Å². The SMILES string of the molecule is Cc1nc(-c2ccc(Cn3c4ccccc4c4ccccc43)cc2)nc(-c2cccc3c2sc2ccccc23)n1. The first-order valence-corrected chi connectivity index (χ1v) is 14.2. The minimum absolute atomic E-state index is 0.698. The summed E-state index contributed by atoms with van der Waals surface area (Å²) in [4.78, 5) is 14.4. The summed E-state index contributed by atoms with van der Waals surface area (Å²) in [7, 11) is 0. The van der Waals surface area contributed by atoms with Gasteiger partial charge in [-0.15, -0.1) is 11.3 Å². The number of thiophene rings is 1. The number of fused-ring (bicyclic) bond motifs is 6. The zero-order valence-electron chi connectivity index (χ0n) is 21.9. The summed E-state index contributed by atoms with van der Waals surface area (Å²) < 4.78 is 4.88. The van der Waals surface area contributed by atoms with Crippen LogP contribution in [0.2, 0.25) is 0 Å². The normalized spacial score (nSPS) is 11.7. The number of aromatic nitrogens is 4. The monoisotopic (exact) mass is 532 g/mol. The van der Waals surface area contributed by atoms with Crippen molar-refractivity contribution in [2.45, 2.75) is 13.5 Å². The van der Waals surface area contributed by atoms with Crippen molar-refractivity contribution in [3.63, 3.8) is 0 Å². The van der Waals surface area contributed by atoms with Crippen LogP contribution in [0.25, 0.3) is 64.8 Å². The Kier molecular flexibility index (Phi) is 5.25. The first-order valence-electron chi connectivity index (χ1n) is 13.4. The van der Waals surface area contributed by atoms with Crippen LogP contribution in [0.4, 0.5) is 0 Å². The Morgan fingerprint density at radius 2 is 1.20 bits per heavy atom. The van der Waals surface area contributed by atoms with Crippen LogP contribution in [0.3, 0.4) is 0 Å². The Bertz CT molecular complexity index is 2150. The molecule has 0 aliphatic carbocycles. The van der Waals surface area contributed by atoms with Crippen molar-refractivity contribution >= 4 is 53.3 Å². The van der Waals surface area contributed by atoms with E-state index in [0.717, 1.165) is 17.7 Å². The third kappa shape index (κ3) is 3.70. The van der Waals surface area contributed by atoms with Crippen molar-refractivity contribution in [3.05, 3.63) is 127 Å². The molecular weight excluding hydrogens is 508 g/mol. The van der Waals surface area contributed by atoms with Gasteiger partial charge in [-0.1, -0.05) is 91.0 Å². The van der Waals surface area contributed by atoms with Crippen molar-refractivity contribution in [1.29, 1.82) is 0 Å². The molecule has 3 heterocycles. The maximum Gasteiger partial charge on any atom is 0.165 e. The van der Waals surface area contributed by atoms with Gasteiger partial charge in [0.05, 0.1) is 0 Å². The Morgan fingerprint density at radius 1 is 0.575 bits per heavy atom. The molecule has 0 aliphatic heterocycles. The Morgan fingerprint density at radius 3 is 1.95 bits per heavy atom. The van der Waals surface area contributed by atoms with E-state index in [4.69, 9.17) is 15.0 Å².